The van der Waals surface area contributed by atoms with Crippen LogP contribution in [0.5, 0.6) is 0 Å². The molecule has 0 aliphatic carbocycles. The number of nitrogens with zero attached hydrogens (tertiary/aromatic N) is 2. The minimum Gasteiger partial charge on any atom is -0.378 e. The van der Waals surface area contributed by atoms with Gasteiger partial charge in [0.25, 0.3) is 11.5 Å². The van der Waals surface area contributed by atoms with Crippen LogP contribution in [0.15, 0.2) is 71.5 Å². The minimum absolute atomic E-state index is 0.156. The summed E-state index contributed by atoms with van der Waals surface area (Å²) in [5, 5.41) is 4.08. The van der Waals surface area contributed by atoms with Crippen molar-refractivity contribution in [3.8, 4) is 22.5 Å². The summed E-state index contributed by atoms with van der Waals surface area (Å²) in [7, 11) is 0. The van der Waals surface area contributed by atoms with Crippen molar-refractivity contribution in [2.75, 3.05) is 36.5 Å². The van der Waals surface area contributed by atoms with Crippen molar-refractivity contribution >= 4 is 27.9 Å². The van der Waals surface area contributed by atoms with Crippen molar-refractivity contribution in [1.82, 2.24) is 9.97 Å². The fourth-order valence-electron chi connectivity index (χ4n) is 3.94. The van der Waals surface area contributed by atoms with E-state index in [0.29, 0.717) is 35.3 Å². The van der Waals surface area contributed by atoms with Crippen LogP contribution >= 0.6 is 11.3 Å². The molecule has 1 amide bonds. The number of rotatable bonds is 5. The van der Waals surface area contributed by atoms with Gasteiger partial charge in [0.1, 0.15) is 5.82 Å². The molecule has 2 N–H and O–H groups in total. The summed E-state index contributed by atoms with van der Waals surface area (Å²) >= 11 is 1.50. The van der Waals surface area contributed by atoms with Crippen molar-refractivity contribution in [3.05, 3.63) is 87.7 Å². The minimum atomic E-state index is -0.192. The highest BCUT2D eigenvalue weighted by Crippen LogP contribution is 2.39. The fraction of sp³-hybridized carbons (Fsp3) is 0.192. The summed E-state index contributed by atoms with van der Waals surface area (Å²) in [6.45, 7) is 4.75. The van der Waals surface area contributed by atoms with Gasteiger partial charge >= 0.3 is 0 Å². The van der Waals surface area contributed by atoms with E-state index < -0.39 is 0 Å². The highest BCUT2D eigenvalue weighted by atomic mass is 32.1. The maximum Gasteiger partial charge on any atom is 0.265 e. The molecule has 34 heavy (non-hydrogen) atoms. The topological polar surface area (TPSA) is 87.3 Å². The van der Waals surface area contributed by atoms with Crippen molar-refractivity contribution in [3.63, 3.8) is 0 Å². The predicted molar refractivity (Wildman–Crippen MR) is 136 cm³/mol. The first kappa shape index (κ1) is 22.1. The molecule has 3 heterocycles. The van der Waals surface area contributed by atoms with Gasteiger partial charge in [0.15, 0.2) is 0 Å². The molecule has 1 saturated heterocycles. The third-order valence-electron chi connectivity index (χ3n) is 5.61. The molecule has 5 rings (SSSR count). The monoisotopic (exact) mass is 472 g/mol. The highest BCUT2D eigenvalue weighted by molar-refractivity contribution is 7.18. The van der Waals surface area contributed by atoms with Gasteiger partial charge in [0.05, 0.1) is 23.1 Å². The second-order valence-electron chi connectivity index (χ2n) is 8.06. The smallest absolute Gasteiger partial charge is 0.265 e. The van der Waals surface area contributed by atoms with Crippen LogP contribution in [0.4, 0.5) is 10.7 Å². The average molecular weight is 473 g/mol. The maximum absolute atomic E-state index is 13.1. The number of carbonyl (C=O) groups excluding carboxylic acids is 1. The number of aryl methyl sites for hydroxylation is 1. The van der Waals surface area contributed by atoms with Gasteiger partial charge in [-0.3, -0.25) is 9.59 Å². The van der Waals surface area contributed by atoms with Gasteiger partial charge in [-0.1, -0.05) is 30.3 Å². The summed E-state index contributed by atoms with van der Waals surface area (Å²) < 4.78 is 5.51. The Morgan fingerprint density at radius 1 is 1.03 bits per heavy atom. The molecule has 0 unspecified atom stereocenters. The molecule has 1 aliphatic heterocycles. The second kappa shape index (κ2) is 9.62. The molecule has 2 aromatic heterocycles. The number of benzene rings is 2. The number of amides is 1. The number of hydrogen-bond donors (Lipinski definition) is 2. The molecule has 172 valence electrons. The molecular weight excluding hydrogens is 448 g/mol. The Hall–Kier alpha value is -3.75. The first-order valence-corrected chi connectivity index (χ1v) is 11.9. The van der Waals surface area contributed by atoms with E-state index >= 15 is 0 Å². The zero-order valence-corrected chi connectivity index (χ0v) is 19.5. The van der Waals surface area contributed by atoms with Crippen molar-refractivity contribution in [1.29, 1.82) is 0 Å². The summed E-state index contributed by atoms with van der Waals surface area (Å²) in [5.41, 5.74) is 4.05. The van der Waals surface area contributed by atoms with Crippen molar-refractivity contribution < 1.29 is 9.53 Å². The Labute approximate surface area is 201 Å². The first-order valence-electron chi connectivity index (χ1n) is 11.1. The van der Waals surface area contributed by atoms with Gasteiger partial charge in [0.2, 0.25) is 0 Å². The van der Waals surface area contributed by atoms with E-state index in [1.54, 1.807) is 6.92 Å². The number of thiophene rings is 1. The molecule has 4 aromatic rings. The van der Waals surface area contributed by atoms with Gasteiger partial charge in [-0.05, 0) is 42.8 Å². The van der Waals surface area contributed by atoms with E-state index in [-0.39, 0.29) is 11.5 Å². The van der Waals surface area contributed by atoms with E-state index in [1.165, 1.54) is 17.4 Å². The number of aromatic nitrogens is 2. The number of hydrogen-bond acceptors (Lipinski definition) is 6. The van der Waals surface area contributed by atoms with Crippen LogP contribution in [0, 0.1) is 6.92 Å². The standard InChI is InChI=1S/C26H24N4O3S/c1-17-15-23(31)29-24(27-17)19-7-9-20(10-8-19)28-25(32)22-16-21(18-5-3-2-4-6-18)26(34-22)30-11-13-33-14-12-30/h2-10,15-16H,11-14H2,1H3,(H,28,32)(H,27,29,31). The summed E-state index contributed by atoms with van der Waals surface area (Å²) in [6, 6.07) is 20.8. The SMILES string of the molecule is Cc1cc(=O)[nH]c(-c2ccc(NC(=O)c3cc(-c4ccccc4)c(N4CCOCC4)s3)cc2)n1. The van der Waals surface area contributed by atoms with Gasteiger partial charge in [0, 0.05) is 41.7 Å². The lowest BCUT2D eigenvalue weighted by molar-refractivity contribution is 0.103. The van der Waals surface area contributed by atoms with Crippen LogP contribution in [-0.4, -0.2) is 42.2 Å². The largest absolute Gasteiger partial charge is 0.378 e. The number of nitrogens with one attached hydrogen (secondary N) is 2. The van der Waals surface area contributed by atoms with E-state index in [2.05, 4.69) is 32.3 Å². The molecule has 0 spiro atoms. The fourth-order valence-corrected chi connectivity index (χ4v) is 5.07. The van der Waals surface area contributed by atoms with Crippen molar-refractivity contribution in [2.24, 2.45) is 0 Å². The predicted octanol–water partition coefficient (Wildman–Crippen LogP) is 4.56. The molecule has 7 nitrogen and oxygen atoms in total. The van der Waals surface area contributed by atoms with Gasteiger partial charge in [-0.25, -0.2) is 4.98 Å². The molecule has 0 saturated carbocycles. The van der Waals surface area contributed by atoms with Gasteiger partial charge < -0.3 is 19.9 Å². The van der Waals surface area contributed by atoms with Crippen LogP contribution < -0.4 is 15.8 Å². The normalized spacial score (nSPS) is 13.6. The molecule has 1 aliphatic rings. The Bertz CT molecular complexity index is 1360. The van der Waals surface area contributed by atoms with E-state index in [4.69, 9.17) is 4.74 Å². The maximum atomic E-state index is 13.1. The Balaban J connectivity index is 1.39. The zero-order chi connectivity index (χ0) is 23.5. The zero-order valence-electron chi connectivity index (χ0n) is 18.7. The number of aromatic amines is 1. The number of carbonyl (C=O) groups is 1. The quantitative estimate of drug-likeness (QED) is 0.445. The highest BCUT2D eigenvalue weighted by Gasteiger charge is 2.22. The Morgan fingerprint density at radius 2 is 1.76 bits per heavy atom. The number of anilines is 2. The third-order valence-corrected chi connectivity index (χ3v) is 6.80. The van der Waals surface area contributed by atoms with Crippen molar-refractivity contribution in [2.45, 2.75) is 6.92 Å². The lowest BCUT2D eigenvalue weighted by atomic mass is 10.1. The van der Waals surface area contributed by atoms with Crippen LogP contribution in [0.2, 0.25) is 0 Å². The van der Waals surface area contributed by atoms with Gasteiger partial charge in [-0.2, -0.15) is 0 Å². The molecule has 8 heteroatoms. The Kier molecular flexibility index (Phi) is 6.24. The summed E-state index contributed by atoms with van der Waals surface area (Å²) in [4.78, 5) is 34.9. The summed E-state index contributed by atoms with van der Waals surface area (Å²) in [6.07, 6.45) is 0. The average Bonchev–Trinajstić information content (AvgIpc) is 3.31. The molecule has 0 atom stereocenters. The molecule has 2 aromatic carbocycles. The van der Waals surface area contributed by atoms with E-state index in [0.717, 1.165) is 34.8 Å². The molecular formula is C26H24N4O3S. The second-order valence-corrected chi connectivity index (χ2v) is 9.09. The third kappa shape index (κ3) is 4.78. The van der Waals surface area contributed by atoms with E-state index in [1.807, 2.05) is 48.5 Å². The number of H-pyrrole nitrogens is 1. The van der Waals surface area contributed by atoms with Crippen LogP contribution in [0.3, 0.4) is 0 Å². The van der Waals surface area contributed by atoms with Crippen LogP contribution in [0.25, 0.3) is 22.5 Å². The molecule has 1 fully saturated rings. The van der Waals surface area contributed by atoms with Gasteiger partial charge in [-0.15, -0.1) is 11.3 Å². The molecule has 0 bridgehead atoms. The number of morpholine rings is 1. The summed E-state index contributed by atoms with van der Waals surface area (Å²) in [5.74, 6) is 0.348. The number of ether oxygens (including phenoxy) is 1. The van der Waals surface area contributed by atoms with Crippen LogP contribution in [-0.2, 0) is 4.74 Å². The first-order chi connectivity index (χ1) is 16.6. The Morgan fingerprint density at radius 3 is 2.47 bits per heavy atom. The molecule has 0 radical (unpaired) electrons. The van der Waals surface area contributed by atoms with Crippen LogP contribution in [0.1, 0.15) is 15.4 Å². The lowest BCUT2D eigenvalue weighted by Gasteiger charge is -2.28. The van der Waals surface area contributed by atoms with E-state index in [9.17, 15) is 9.59 Å². The lowest BCUT2D eigenvalue weighted by Crippen LogP contribution is -2.35.